The number of anilines is 1. The van der Waals surface area contributed by atoms with Crippen molar-refractivity contribution in [3.8, 4) is 0 Å². The second kappa shape index (κ2) is 10.5. The van der Waals surface area contributed by atoms with Crippen LogP contribution in [0, 0.1) is 5.41 Å². The van der Waals surface area contributed by atoms with Crippen LogP contribution in [0.3, 0.4) is 0 Å². The van der Waals surface area contributed by atoms with Gasteiger partial charge in [0.25, 0.3) is 5.91 Å². The Morgan fingerprint density at radius 2 is 1.81 bits per heavy atom. The van der Waals surface area contributed by atoms with Gasteiger partial charge in [0, 0.05) is 37.2 Å². The Balaban J connectivity index is 1.48. The fourth-order valence-electron chi connectivity index (χ4n) is 3.63. The summed E-state index contributed by atoms with van der Waals surface area (Å²) < 4.78 is 1.43. The number of aryl methyl sites for hydroxylation is 1. The second-order valence-corrected chi connectivity index (χ2v) is 10.5. The Hall–Kier alpha value is -3.48. The maximum absolute atomic E-state index is 12.7. The lowest BCUT2D eigenvalue weighted by atomic mass is 9.74. The summed E-state index contributed by atoms with van der Waals surface area (Å²) >= 11 is 13.2. The maximum Gasteiger partial charge on any atom is 0.326 e. The van der Waals surface area contributed by atoms with Gasteiger partial charge in [-0.3, -0.25) is 14.6 Å². The lowest BCUT2D eigenvalue weighted by Crippen LogP contribution is -2.50. The largest absolute Gasteiger partial charge is 0.480 e. The molecule has 11 nitrogen and oxygen atoms in total. The van der Waals surface area contributed by atoms with Crippen molar-refractivity contribution in [1.29, 1.82) is 0 Å². The smallest absolute Gasteiger partial charge is 0.326 e. The van der Waals surface area contributed by atoms with Gasteiger partial charge in [0.1, 0.15) is 6.04 Å². The molecule has 1 aliphatic carbocycles. The van der Waals surface area contributed by atoms with E-state index >= 15 is 0 Å². The molecule has 0 fully saturated rings. The van der Waals surface area contributed by atoms with Crippen LogP contribution >= 0.6 is 35.0 Å². The zero-order valence-electron chi connectivity index (χ0n) is 19.8. The van der Waals surface area contributed by atoms with Crippen molar-refractivity contribution in [3.63, 3.8) is 0 Å². The van der Waals surface area contributed by atoms with Gasteiger partial charge < -0.3 is 15.7 Å². The van der Waals surface area contributed by atoms with Gasteiger partial charge in [0.2, 0.25) is 5.16 Å². The first-order chi connectivity index (χ1) is 17.5. The molecule has 1 atom stereocenters. The fraction of sp³-hybridized carbons (Fsp3) is 0.261. The highest BCUT2D eigenvalue weighted by molar-refractivity contribution is 8.04. The number of carbonyl (C=O) groups excluding carboxylic acids is 2. The van der Waals surface area contributed by atoms with Crippen molar-refractivity contribution in [1.82, 2.24) is 30.5 Å². The molecule has 2 aromatic heterocycles. The highest BCUT2D eigenvalue weighted by atomic mass is 35.5. The Bertz CT molecular complexity index is 1400. The summed E-state index contributed by atoms with van der Waals surface area (Å²) in [4.78, 5) is 41.6. The van der Waals surface area contributed by atoms with E-state index in [2.05, 4.69) is 31.1 Å². The number of amides is 1. The first-order valence-corrected chi connectivity index (χ1v) is 12.4. The first-order valence-electron chi connectivity index (χ1n) is 10.9. The highest BCUT2D eigenvalue weighted by Gasteiger charge is 2.48. The quantitative estimate of drug-likeness (QED) is 0.354. The van der Waals surface area contributed by atoms with Crippen LogP contribution in [0.2, 0.25) is 10.0 Å². The molecule has 14 heteroatoms. The zero-order valence-corrected chi connectivity index (χ0v) is 22.1. The molecule has 1 amide bonds. The van der Waals surface area contributed by atoms with Gasteiger partial charge in [-0.25, -0.2) is 9.48 Å². The molecule has 0 unspecified atom stereocenters. The van der Waals surface area contributed by atoms with Crippen molar-refractivity contribution in [3.05, 3.63) is 68.4 Å². The van der Waals surface area contributed by atoms with Crippen LogP contribution in [-0.2, 0) is 23.1 Å². The molecule has 0 saturated heterocycles. The Morgan fingerprint density at radius 1 is 1.16 bits per heavy atom. The van der Waals surface area contributed by atoms with Crippen molar-refractivity contribution < 1.29 is 19.5 Å². The van der Waals surface area contributed by atoms with Crippen LogP contribution in [0.25, 0.3) is 0 Å². The van der Waals surface area contributed by atoms with Gasteiger partial charge in [-0.1, -0.05) is 35.3 Å². The lowest BCUT2D eigenvalue weighted by molar-refractivity contribution is -0.139. The number of thioether (sulfide) groups is 1. The lowest BCUT2D eigenvalue weighted by Gasteiger charge is -2.39. The van der Waals surface area contributed by atoms with Crippen molar-refractivity contribution >= 4 is 58.3 Å². The van der Waals surface area contributed by atoms with Gasteiger partial charge in [0.15, 0.2) is 5.78 Å². The van der Waals surface area contributed by atoms with Crippen LogP contribution in [0.1, 0.15) is 29.8 Å². The zero-order chi connectivity index (χ0) is 26.9. The fourth-order valence-corrected chi connectivity index (χ4v) is 5.36. The SMILES string of the molecule is Cn1nnnc1SC1=C(N[C@@H](Cc2ccc(NC(=O)c3c(Cl)cncc3Cl)cc2)C(=O)O)C(C)(C)C1=O. The maximum atomic E-state index is 12.7. The third-order valence-corrected chi connectivity index (χ3v) is 7.44. The third kappa shape index (κ3) is 5.45. The number of hydrogen-bond donors (Lipinski definition) is 3. The van der Waals surface area contributed by atoms with Crippen molar-refractivity contribution in [2.24, 2.45) is 12.5 Å². The minimum absolute atomic E-state index is 0.106. The molecule has 4 rings (SSSR count). The number of nitrogens with one attached hydrogen (secondary N) is 2. The van der Waals surface area contributed by atoms with E-state index in [4.69, 9.17) is 23.2 Å². The van der Waals surface area contributed by atoms with Crippen LogP contribution in [0.4, 0.5) is 5.69 Å². The topological polar surface area (TPSA) is 152 Å². The van der Waals surface area contributed by atoms with E-state index in [9.17, 15) is 19.5 Å². The molecule has 0 aliphatic heterocycles. The normalized spacial score (nSPS) is 15.2. The number of allylic oxidation sites excluding steroid dienone is 2. The van der Waals surface area contributed by atoms with E-state index in [-0.39, 0.29) is 27.8 Å². The Kier molecular flexibility index (Phi) is 7.53. The summed E-state index contributed by atoms with van der Waals surface area (Å²) in [6.07, 6.45) is 2.78. The molecular weight excluding hydrogens is 541 g/mol. The van der Waals surface area contributed by atoms with Crippen molar-refractivity contribution in [2.45, 2.75) is 31.5 Å². The number of carbonyl (C=O) groups is 3. The summed E-state index contributed by atoms with van der Waals surface area (Å²) in [5.74, 6) is -1.70. The summed E-state index contributed by atoms with van der Waals surface area (Å²) in [5.41, 5.74) is 0.934. The molecule has 192 valence electrons. The molecule has 3 aromatic rings. The average Bonchev–Trinajstić information content (AvgIpc) is 3.25. The highest BCUT2D eigenvalue weighted by Crippen LogP contribution is 2.47. The van der Waals surface area contributed by atoms with Crippen LogP contribution in [-0.4, -0.2) is 54.0 Å². The number of carboxylic acids is 1. The van der Waals surface area contributed by atoms with Gasteiger partial charge in [-0.2, -0.15) is 0 Å². The molecule has 0 bridgehead atoms. The number of ketones is 1. The standard InChI is InChI=1S/C23H21Cl2N7O4S/c1-23(2)18(17(19(23)33)37-22-29-30-31-32(22)3)28-15(21(35)36)8-11-4-6-12(7-5-11)27-20(34)16-13(24)9-26-10-14(16)25/h4-7,9-10,15,28H,8H2,1-3H3,(H,27,34)(H,35,36)/t15-/m0/s1. The van der Waals surface area contributed by atoms with E-state index in [0.717, 1.165) is 11.8 Å². The van der Waals surface area contributed by atoms with Gasteiger partial charge in [0.05, 0.1) is 25.9 Å². The summed E-state index contributed by atoms with van der Waals surface area (Å²) in [6.45, 7) is 3.46. The number of benzene rings is 1. The number of halogens is 2. The van der Waals surface area contributed by atoms with E-state index in [0.29, 0.717) is 27.0 Å². The number of tetrazole rings is 1. The number of aliphatic carboxylic acids is 1. The second-order valence-electron chi connectivity index (χ2n) is 8.71. The van der Waals surface area contributed by atoms with E-state index in [1.165, 1.54) is 17.1 Å². The number of hydrogen-bond acceptors (Lipinski definition) is 9. The van der Waals surface area contributed by atoms with Gasteiger partial charge >= 0.3 is 5.97 Å². The molecule has 1 aromatic carbocycles. The minimum Gasteiger partial charge on any atom is -0.480 e. The van der Waals surface area contributed by atoms with Gasteiger partial charge in [-0.05, 0) is 53.7 Å². The minimum atomic E-state index is -1.08. The number of carboxylic acid groups (broad SMARTS) is 1. The van der Waals surface area contributed by atoms with E-state index in [1.54, 1.807) is 45.2 Å². The monoisotopic (exact) mass is 561 g/mol. The predicted molar refractivity (Wildman–Crippen MR) is 137 cm³/mol. The molecule has 0 saturated carbocycles. The number of nitrogens with zero attached hydrogens (tertiary/aromatic N) is 5. The van der Waals surface area contributed by atoms with E-state index < -0.39 is 23.3 Å². The molecule has 0 radical (unpaired) electrons. The third-order valence-electron chi connectivity index (χ3n) is 5.75. The van der Waals surface area contributed by atoms with Crippen LogP contribution in [0.5, 0.6) is 0 Å². The van der Waals surface area contributed by atoms with Gasteiger partial charge in [-0.15, -0.1) is 5.10 Å². The molecule has 1 aliphatic rings. The average molecular weight is 562 g/mol. The molecule has 37 heavy (non-hydrogen) atoms. The number of aromatic nitrogens is 5. The molecule has 0 spiro atoms. The van der Waals surface area contributed by atoms with E-state index in [1.807, 2.05) is 0 Å². The number of pyridine rings is 1. The number of Topliss-reactive ketones (excluding diaryl/α,β-unsaturated/α-hetero) is 1. The summed E-state index contributed by atoms with van der Waals surface area (Å²) in [6, 6.07) is 5.69. The van der Waals surface area contributed by atoms with Crippen LogP contribution < -0.4 is 10.6 Å². The Labute approximate surface area is 225 Å². The summed E-state index contributed by atoms with van der Waals surface area (Å²) in [5, 5.41) is 27.5. The molecule has 3 N–H and O–H groups in total. The van der Waals surface area contributed by atoms with Crippen LogP contribution in [0.15, 0.2) is 52.4 Å². The Morgan fingerprint density at radius 3 is 2.38 bits per heavy atom. The summed E-state index contributed by atoms with van der Waals surface area (Å²) in [7, 11) is 1.65. The number of rotatable bonds is 9. The first kappa shape index (κ1) is 26.6. The molecule has 2 heterocycles. The predicted octanol–water partition coefficient (Wildman–Crippen LogP) is 3.36. The molecular formula is C23H21Cl2N7O4S. The van der Waals surface area contributed by atoms with Crippen molar-refractivity contribution in [2.75, 3.05) is 5.32 Å².